The number of pyridine rings is 2. The smallest absolute Gasteiger partial charge is 0.254 e. The zero-order valence-corrected chi connectivity index (χ0v) is 16.0. The Bertz CT molecular complexity index is 772. The SMILES string of the molecule is O=C(c1ccnc(OC2CCOCC2)c1)N1CCN(Cc2cccnc2)CC1. The van der Waals surface area contributed by atoms with E-state index >= 15 is 0 Å². The maximum atomic E-state index is 12.9. The fourth-order valence-corrected chi connectivity index (χ4v) is 3.61. The van der Waals surface area contributed by atoms with Gasteiger partial charge in [0.25, 0.3) is 5.91 Å². The summed E-state index contributed by atoms with van der Waals surface area (Å²) in [5.41, 5.74) is 1.84. The van der Waals surface area contributed by atoms with E-state index in [1.165, 1.54) is 5.56 Å². The minimum absolute atomic E-state index is 0.0419. The van der Waals surface area contributed by atoms with Gasteiger partial charge in [-0.25, -0.2) is 4.98 Å². The number of carbonyl (C=O) groups excluding carboxylic acids is 1. The lowest BCUT2D eigenvalue weighted by Crippen LogP contribution is -2.48. The molecule has 148 valence electrons. The van der Waals surface area contributed by atoms with Crippen molar-refractivity contribution in [1.29, 1.82) is 0 Å². The van der Waals surface area contributed by atoms with Crippen LogP contribution in [0, 0.1) is 0 Å². The van der Waals surface area contributed by atoms with Crippen molar-refractivity contribution in [3.8, 4) is 5.88 Å². The summed E-state index contributed by atoms with van der Waals surface area (Å²) in [6.45, 7) is 5.46. The number of rotatable bonds is 5. The van der Waals surface area contributed by atoms with Crippen molar-refractivity contribution in [3.63, 3.8) is 0 Å². The zero-order valence-electron chi connectivity index (χ0n) is 16.0. The van der Waals surface area contributed by atoms with E-state index < -0.39 is 0 Å². The van der Waals surface area contributed by atoms with Gasteiger partial charge >= 0.3 is 0 Å². The quantitative estimate of drug-likeness (QED) is 0.788. The largest absolute Gasteiger partial charge is 0.474 e. The average molecular weight is 382 g/mol. The number of ether oxygens (including phenoxy) is 2. The highest BCUT2D eigenvalue weighted by atomic mass is 16.5. The van der Waals surface area contributed by atoms with Crippen molar-refractivity contribution >= 4 is 5.91 Å². The molecule has 0 bridgehead atoms. The topological polar surface area (TPSA) is 67.8 Å². The molecular formula is C21H26N4O3. The summed E-state index contributed by atoms with van der Waals surface area (Å²) < 4.78 is 11.3. The van der Waals surface area contributed by atoms with Gasteiger partial charge in [-0.2, -0.15) is 0 Å². The summed E-state index contributed by atoms with van der Waals surface area (Å²) in [5.74, 6) is 0.563. The van der Waals surface area contributed by atoms with E-state index in [1.54, 1.807) is 24.5 Å². The van der Waals surface area contributed by atoms with Crippen molar-refractivity contribution in [3.05, 3.63) is 54.0 Å². The second-order valence-electron chi connectivity index (χ2n) is 7.24. The molecule has 2 aromatic rings. The van der Waals surface area contributed by atoms with Crippen LogP contribution >= 0.6 is 0 Å². The number of hydrogen-bond acceptors (Lipinski definition) is 6. The molecule has 2 aliphatic rings. The summed E-state index contributed by atoms with van der Waals surface area (Å²) in [4.78, 5) is 25.6. The second-order valence-corrected chi connectivity index (χ2v) is 7.24. The molecular weight excluding hydrogens is 356 g/mol. The van der Waals surface area contributed by atoms with Crippen LogP contribution in [0.2, 0.25) is 0 Å². The maximum absolute atomic E-state index is 12.9. The predicted octanol–water partition coefficient (Wildman–Crippen LogP) is 1.99. The monoisotopic (exact) mass is 382 g/mol. The Morgan fingerprint density at radius 1 is 1.14 bits per heavy atom. The third kappa shape index (κ3) is 4.85. The van der Waals surface area contributed by atoms with E-state index in [2.05, 4.69) is 20.9 Å². The molecule has 2 saturated heterocycles. The van der Waals surface area contributed by atoms with Crippen molar-refractivity contribution < 1.29 is 14.3 Å². The Morgan fingerprint density at radius 2 is 1.96 bits per heavy atom. The summed E-state index contributed by atoms with van der Waals surface area (Å²) in [7, 11) is 0. The van der Waals surface area contributed by atoms with Gasteiger partial charge in [-0.3, -0.25) is 14.7 Å². The third-order valence-corrected chi connectivity index (χ3v) is 5.23. The second kappa shape index (κ2) is 9.12. The molecule has 4 rings (SSSR count). The maximum Gasteiger partial charge on any atom is 0.254 e. The molecule has 1 amide bonds. The van der Waals surface area contributed by atoms with Crippen LogP contribution in [0.25, 0.3) is 0 Å². The van der Waals surface area contributed by atoms with Crippen LogP contribution in [-0.4, -0.2) is 71.2 Å². The zero-order chi connectivity index (χ0) is 19.2. The van der Waals surface area contributed by atoms with Crippen LogP contribution in [0.4, 0.5) is 0 Å². The van der Waals surface area contributed by atoms with Gasteiger partial charge in [0, 0.05) is 75.8 Å². The number of aromatic nitrogens is 2. The van der Waals surface area contributed by atoms with Gasteiger partial charge in [-0.05, 0) is 17.7 Å². The standard InChI is InChI=1S/C21H26N4O3/c26-21(18-3-7-23-20(14-18)28-19-4-12-27-13-5-19)25-10-8-24(9-11-25)16-17-2-1-6-22-15-17/h1-3,6-7,14-15,19H,4-5,8-13,16H2. The van der Waals surface area contributed by atoms with Crippen LogP contribution in [0.1, 0.15) is 28.8 Å². The summed E-state index contributed by atoms with van der Waals surface area (Å²) in [6.07, 6.45) is 7.17. The van der Waals surface area contributed by atoms with Crippen LogP contribution < -0.4 is 4.74 Å². The van der Waals surface area contributed by atoms with Crippen LogP contribution in [-0.2, 0) is 11.3 Å². The highest BCUT2D eigenvalue weighted by molar-refractivity contribution is 5.94. The Morgan fingerprint density at radius 3 is 2.71 bits per heavy atom. The predicted molar refractivity (Wildman–Crippen MR) is 104 cm³/mol. The lowest BCUT2D eigenvalue weighted by Gasteiger charge is -2.34. The van der Waals surface area contributed by atoms with E-state index in [1.807, 2.05) is 17.2 Å². The van der Waals surface area contributed by atoms with Crippen LogP contribution in [0.5, 0.6) is 5.88 Å². The molecule has 0 N–H and O–H groups in total. The molecule has 4 heterocycles. The number of nitrogens with zero attached hydrogens (tertiary/aromatic N) is 4. The fraction of sp³-hybridized carbons (Fsp3) is 0.476. The van der Waals surface area contributed by atoms with Crippen molar-refractivity contribution in [2.75, 3.05) is 39.4 Å². The molecule has 2 aliphatic heterocycles. The van der Waals surface area contributed by atoms with Gasteiger partial charge in [0.2, 0.25) is 5.88 Å². The summed E-state index contributed by atoms with van der Waals surface area (Å²) in [5, 5.41) is 0. The first-order valence-corrected chi connectivity index (χ1v) is 9.89. The van der Waals surface area contributed by atoms with Gasteiger partial charge < -0.3 is 14.4 Å². The Labute approximate surface area is 165 Å². The Hall–Kier alpha value is -2.51. The molecule has 0 saturated carbocycles. The highest BCUT2D eigenvalue weighted by Gasteiger charge is 2.23. The van der Waals surface area contributed by atoms with Gasteiger partial charge in [-0.15, -0.1) is 0 Å². The highest BCUT2D eigenvalue weighted by Crippen LogP contribution is 2.18. The third-order valence-electron chi connectivity index (χ3n) is 5.23. The van der Waals surface area contributed by atoms with Gasteiger partial charge in [-0.1, -0.05) is 6.07 Å². The van der Waals surface area contributed by atoms with E-state index in [4.69, 9.17) is 9.47 Å². The molecule has 0 radical (unpaired) electrons. The van der Waals surface area contributed by atoms with E-state index in [9.17, 15) is 4.79 Å². The fourth-order valence-electron chi connectivity index (χ4n) is 3.61. The molecule has 2 aromatic heterocycles. The lowest BCUT2D eigenvalue weighted by molar-refractivity contribution is 0.0236. The molecule has 0 unspecified atom stereocenters. The minimum Gasteiger partial charge on any atom is -0.474 e. The Kier molecular flexibility index (Phi) is 6.14. The molecule has 0 aromatic carbocycles. The van der Waals surface area contributed by atoms with Crippen molar-refractivity contribution in [1.82, 2.24) is 19.8 Å². The van der Waals surface area contributed by atoms with Crippen molar-refractivity contribution in [2.45, 2.75) is 25.5 Å². The molecule has 2 fully saturated rings. The first-order valence-electron chi connectivity index (χ1n) is 9.89. The number of piperazine rings is 1. The van der Waals surface area contributed by atoms with Gasteiger partial charge in [0.1, 0.15) is 6.10 Å². The molecule has 0 aliphatic carbocycles. The first kappa shape index (κ1) is 18.8. The van der Waals surface area contributed by atoms with Crippen LogP contribution in [0.15, 0.2) is 42.9 Å². The first-order chi connectivity index (χ1) is 13.8. The van der Waals surface area contributed by atoms with E-state index in [0.29, 0.717) is 24.7 Å². The van der Waals surface area contributed by atoms with Gasteiger partial charge in [0.05, 0.1) is 13.2 Å². The number of hydrogen-bond donors (Lipinski definition) is 0. The van der Waals surface area contributed by atoms with Crippen molar-refractivity contribution in [2.24, 2.45) is 0 Å². The Balaban J connectivity index is 1.31. The number of carbonyl (C=O) groups is 1. The van der Waals surface area contributed by atoms with E-state index in [0.717, 1.165) is 45.6 Å². The van der Waals surface area contributed by atoms with Crippen LogP contribution in [0.3, 0.4) is 0 Å². The molecule has 28 heavy (non-hydrogen) atoms. The summed E-state index contributed by atoms with van der Waals surface area (Å²) in [6, 6.07) is 7.57. The van der Waals surface area contributed by atoms with Gasteiger partial charge in [0.15, 0.2) is 0 Å². The molecule has 7 heteroatoms. The van der Waals surface area contributed by atoms with E-state index in [-0.39, 0.29) is 12.0 Å². The molecule has 0 spiro atoms. The average Bonchev–Trinajstić information content (AvgIpc) is 2.75. The lowest BCUT2D eigenvalue weighted by atomic mass is 10.1. The summed E-state index contributed by atoms with van der Waals surface area (Å²) >= 11 is 0. The molecule has 7 nitrogen and oxygen atoms in total. The molecule has 0 atom stereocenters. The normalized spacial score (nSPS) is 18.8. The number of amides is 1. The minimum atomic E-state index is 0.0419.